The van der Waals surface area contributed by atoms with Crippen LogP contribution in [0.4, 0.5) is 0 Å². The third-order valence-corrected chi connectivity index (χ3v) is 6.01. The highest BCUT2D eigenvalue weighted by Gasteiger charge is 2.67. The van der Waals surface area contributed by atoms with Crippen LogP contribution in [0, 0.1) is 16.7 Å². The average Bonchev–Trinajstić information content (AvgIpc) is 2.76. The van der Waals surface area contributed by atoms with Crippen LogP contribution in [0.3, 0.4) is 0 Å². The fourth-order valence-electron chi connectivity index (χ4n) is 3.88. The predicted molar refractivity (Wildman–Crippen MR) is 88.7 cm³/mol. The monoisotopic (exact) mass is 305 g/mol. The molecule has 1 aromatic heterocycles. The van der Waals surface area contributed by atoms with Gasteiger partial charge in [-0.1, -0.05) is 58.4 Å². The van der Waals surface area contributed by atoms with Gasteiger partial charge in [0.25, 0.3) is 0 Å². The average molecular weight is 306 g/mol. The van der Waals surface area contributed by atoms with E-state index in [1.165, 1.54) is 0 Å². The van der Waals surface area contributed by atoms with Crippen LogP contribution >= 0.6 is 11.6 Å². The quantitative estimate of drug-likeness (QED) is 0.816. The predicted octanol–water partition coefficient (Wildman–Crippen LogP) is 5.42. The van der Waals surface area contributed by atoms with Crippen LogP contribution < -0.4 is 5.32 Å². The number of rotatable bonds is 4. The minimum Gasteiger partial charge on any atom is -0.458 e. The summed E-state index contributed by atoms with van der Waals surface area (Å²) >= 11 is 6.25. The zero-order chi connectivity index (χ0) is 15.4. The lowest BCUT2D eigenvalue weighted by molar-refractivity contribution is 0.356. The zero-order valence-corrected chi connectivity index (χ0v) is 14.2. The van der Waals surface area contributed by atoms with Gasteiger partial charge in [-0.25, -0.2) is 0 Å². The lowest BCUT2D eigenvalue weighted by Crippen LogP contribution is -2.24. The lowest BCUT2D eigenvalue weighted by Gasteiger charge is -2.17. The van der Waals surface area contributed by atoms with Crippen molar-refractivity contribution in [3.63, 3.8) is 0 Å². The van der Waals surface area contributed by atoms with Crippen molar-refractivity contribution in [1.82, 2.24) is 5.32 Å². The highest BCUT2D eigenvalue weighted by atomic mass is 35.5. The van der Waals surface area contributed by atoms with E-state index in [2.05, 4.69) is 52.1 Å². The first-order valence-electron chi connectivity index (χ1n) is 7.72. The molecule has 1 heterocycles. The van der Waals surface area contributed by atoms with Gasteiger partial charge in [-0.15, -0.1) is 0 Å². The Balaban J connectivity index is 2.03. The summed E-state index contributed by atoms with van der Waals surface area (Å²) in [6, 6.07) is 8.28. The first-order valence-corrected chi connectivity index (χ1v) is 8.10. The van der Waals surface area contributed by atoms with Gasteiger partial charge in [-0.2, -0.15) is 0 Å². The summed E-state index contributed by atoms with van der Waals surface area (Å²) in [5.41, 5.74) is 1.42. The normalized spacial score (nSPS) is 21.6. The molecule has 21 heavy (non-hydrogen) atoms. The summed E-state index contributed by atoms with van der Waals surface area (Å²) in [5, 5.41) is 5.38. The number of nitrogens with one attached hydrogen (secondary N) is 1. The molecular weight excluding hydrogens is 282 g/mol. The maximum atomic E-state index is 6.25. The minimum absolute atomic E-state index is 0.239. The summed E-state index contributed by atoms with van der Waals surface area (Å²) in [6.07, 6.45) is 0. The number of hydrogen-bond donors (Lipinski definition) is 1. The number of fused-ring (bicyclic) bond motifs is 1. The Kier molecular flexibility index (Phi) is 3.38. The molecule has 2 aromatic rings. The van der Waals surface area contributed by atoms with Crippen molar-refractivity contribution in [2.45, 2.75) is 40.7 Å². The van der Waals surface area contributed by atoms with Crippen LogP contribution in [0.25, 0.3) is 11.0 Å². The van der Waals surface area contributed by atoms with Crippen molar-refractivity contribution in [3.05, 3.63) is 35.0 Å². The summed E-state index contributed by atoms with van der Waals surface area (Å²) in [5.74, 6) is 1.56. The molecule has 1 N–H and O–H groups in total. The number of benzene rings is 1. The van der Waals surface area contributed by atoms with Crippen LogP contribution in [-0.2, 0) is 0 Å². The molecule has 114 valence electrons. The van der Waals surface area contributed by atoms with Gasteiger partial charge in [0.05, 0.1) is 11.1 Å². The van der Waals surface area contributed by atoms with E-state index in [1.807, 2.05) is 12.1 Å². The van der Waals surface area contributed by atoms with Gasteiger partial charge in [-0.05, 0) is 35.4 Å². The number of para-hydroxylation sites is 1. The van der Waals surface area contributed by atoms with Gasteiger partial charge in [0.1, 0.15) is 5.76 Å². The van der Waals surface area contributed by atoms with E-state index >= 15 is 0 Å². The summed E-state index contributed by atoms with van der Waals surface area (Å²) in [6.45, 7) is 12.5. The lowest BCUT2D eigenvalue weighted by atomic mass is 10.0. The first kappa shape index (κ1) is 14.9. The molecule has 1 saturated carbocycles. The molecule has 1 aliphatic carbocycles. The number of halogens is 1. The molecule has 0 aliphatic heterocycles. The van der Waals surface area contributed by atoms with E-state index < -0.39 is 0 Å². The van der Waals surface area contributed by atoms with Gasteiger partial charge >= 0.3 is 0 Å². The molecule has 1 aliphatic rings. The van der Waals surface area contributed by atoms with Crippen LogP contribution in [0.2, 0.25) is 5.02 Å². The van der Waals surface area contributed by atoms with Crippen LogP contribution in [0.5, 0.6) is 0 Å². The molecule has 1 fully saturated rings. The number of furan rings is 1. The van der Waals surface area contributed by atoms with E-state index in [-0.39, 0.29) is 6.04 Å². The van der Waals surface area contributed by atoms with E-state index in [1.54, 1.807) is 0 Å². The Morgan fingerprint density at radius 1 is 1.24 bits per heavy atom. The standard InChI is InChI=1S/C18H24ClNO/c1-6-20-14(16-17(2,3)18(16,4)5)13-10-11-8-7-9-12(19)15(11)21-13/h7-10,14,16,20H,6H2,1-5H3. The second kappa shape index (κ2) is 4.76. The highest BCUT2D eigenvalue weighted by Crippen LogP contribution is 2.72. The molecule has 0 radical (unpaired) electrons. The van der Waals surface area contributed by atoms with Crippen molar-refractivity contribution in [3.8, 4) is 0 Å². The molecule has 1 atom stereocenters. The third kappa shape index (κ3) is 2.11. The topological polar surface area (TPSA) is 25.2 Å². The molecular formula is C18H24ClNO. The van der Waals surface area contributed by atoms with E-state index in [0.29, 0.717) is 21.8 Å². The largest absolute Gasteiger partial charge is 0.458 e. The van der Waals surface area contributed by atoms with Crippen LogP contribution in [-0.4, -0.2) is 6.54 Å². The van der Waals surface area contributed by atoms with Crippen LogP contribution in [0.1, 0.15) is 46.4 Å². The number of hydrogen-bond acceptors (Lipinski definition) is 2. The summed E-state index contributed by atoms with van der Waals surface area (Å²) in [4.78, 5) is 0. The maximum Gasteiger partial charge on any atom is 0.152 e. The van der Waals surface area contributed by atoms with Crippen molar-refractivity contribution >= 4 is 22.6 Å². The van der Waals surface area contributed by atoms with E-state index in [9.17, 15) is 0 Å². The van der Waals surface area contributed by atoms with E-state index in [4.69, 9.17) is 16.0 Å². The second-order valence-corrected chi connectivity index (χ2v) is 7.67. The molecule has 0 spiro atoms. The second-order valence-electron chi connectivity index (χ2n) is 7.26. The van der Waals surface area contributed by atoms with Crippen molar-refractivity contribution < 1.29 is 4.42 Å². The Bertz CT molecular complexity index is 657. The van der Waals surface area contributed by atoms with Crippen molar-refractivity contribution in [1.29, 1.82) is 0 Å². The van der Waals surface area contributed by atoms with E-state index in [0.717, 1.165) is 23.3 Å². The Hall–Kier alpha value is -0.990. The van der Waals surface area contributed by atoms with Crippen LogP contribution in [0.15, 0.2) is 28.7 Å². The van der Waals surface area contributed by atoms with Gasteiger partial charge in [0.15, 0.2) is 5.58 Å². The Morgan fingerprint density at radius 3 is 2.43 bits per heavy atom. The Labute approximate surface area is 131 Å². The fourth-order valence-corrected chi connectivity index (χ4v) is 4.10. The molecule has 0 bridgehead atoms. The summed E-state index contributed by atoms with van der Waals surface area (Å²) < 4.78 is 6.11. The SMILES string of the molecule is CCNC(c1cc2cccc(Cl)c2o1)C1C(C)(C)C1(C)C. The highest BCUT2D eigenvalue weighted by molar-refractivity contribution is 6.34. The smallest absolute Gasteiger partial charge is 0.152 e. The molecule has 3 heteroatoms. The maximum absolute atomic E-state index is 6.25. The zero-order valence-electron chi connectivity index (χ0n) is 13.5. The van der Waals surface area contributed by atoms with Gasteiger partial charge < -0.3 is 9.73 Å². The van der Waals surface area contributed by atoms with Crippen molar-refractivity contribution in [2.24, 2.45) is 16.7 Å². The first-order chi connectivity index (χ1) is 9.80. The molecule has 3 rings (SSSR count). The van der Waals surface area contributed by atoms with Crippen molar-refractivity contribution in [2.75, 3.05) is 6.54 Å². The third-order valence-electron chi connectivity index (χ3n) is 5.71. The fraction of sp³-hybridized carbons (Fsp3) is 0.556. The molecule has 2 nitrogen and oxygen atoms in total. The van der Waals surface area contributed by atoms with Gasteiger partial charge in [0, 0.05) is 5.39 Å². The van der Waals surface area contributed by atoms with Gasteiger partial charge in [-0.3, -0.25) is 0 Å². The minimum atomic E-state index is 0.239. The molecule has 1 unspecified atom stereocenters. The molecule has 0 saturated heterocycles. The summed E-state index contributed by atoms with van der Waals surface area (Å²) in [7, 11) is 0. The molecule has 0 amide bonds. The Morgan fingerprint density at radius 2 is 1.90 bits per heavy atom. The molecule has 1 aromatic carbocycles. The van der Waals surface area contributed by atoms with Gasteiger partial charge in [0.2, 0.25) is 0 Å².